The Morgan fingerprint density at radius 3 is 2.45 bits per heavy atom. The van der Waals surface area contributed by atoms with E-state index in [2.05, 4.69) is 6.07 Å². The topological polar surface area (TPSA) is 35.5 Å². The molecule has 3 rings (SSSR count). The van der Waals surface area contributed by atoms with Gasteiger partial charge >= 0.3 is 5.97 Å². The third-order valence-electron chi connectivity index (χ3n) is 3.60. The lowest BCUT2D eigenvalue weighted by Gasteiger charge is -2.24. The maximum Gasteiger partial charge on any atom is 0.335 e. The van der Waals surface area contributed by atoms with E-state index in [1.54, 1.807) is 18.9 Å². The predicted molar refractivity (Wildman–Crippen MR) is 88.0 cm³/mol. The van der Waals surface area contributed by atoms with Crippen molar-refractivity contribution in [3.63, 3.8) is 0 Å². The van der Waals surface area contributed by atoms with Gasteiger partial charge in [-0.05, 0) is 35.4 Å². The van der Waals surface area contributed by atoms with E-state index < -0.39 is 0 Å². The summed E-state index contributed by atoms with van der Waals surface area (Å²) in [4.78, 5) is 13.3. The van der Waals surface area contributed by atoms with Crippen molar-refractivity contribution in [3.8, 4) is 5.75 Å². The summed E-state index contributed by atoms with van der Waals surface area (Å²) in [5, 5.41) is -0.0757. The standard InChI is InChI=1S/C18H16O3S/c1-20-14-9-7-12(8-10-14)17-15(18(19)21-2)11-13-5-3-4-6-16(13)22-17/h3-11,17H,1-2H3. The first-order valence-corrected chi connectivity index (χ1v) is 7.80. The predicted octanol–water partition coefficient (Wildman–Crippen LogP) is 4.10. The van der Waals surface area contributed by atoms with E-state index in [1.807, 2.05) is 48.5 Å². The largest absolute Gasteiger partial charge is 0.497 e. The molecule has 0 saturated carbocycles. The van der Waals surface area contributed by atoms with Crippen molar-refractivity contribution < 1.29 is 14.3 Å². The Labute approximate surface area is 133 Å². The monoisotopic (exact) mass is 312 g/mol. The van der Waals surface area contributed by atoms with E-state index in [0.717, 1.165) is 21.8 Å². The number of fused-ring (bicyclic) bond motifs is 1. The van der Waals surface area contributed by atoms with E-state index in [0.29, 0.717) is 5.57 Å². The van der Waals surface area contributed by atoms with E-state index in [9.17, 15) is 4.79 Å². The molecule has 0 amide bonds. The Balaban J connectivity index is 2.03. The molecule has 22 heavy (non-hydrogen) atoms. The van der Waals surface area contributed by atoms with Gasteiger partial charge < -0.3 is 9.47 Å². The van der Waals surface area contributed by atoms with Crippen LogP contribution in [0.1, 0.15) is 16.4 Å². The van der Waals surface area contributed by atoms with E-state index >= 15 is 0 Å². The van der Waals surface area contributed by atoms with Crippen LogP contribution in [0.15, 0.2) is 59.0 Å². The molecular weight excluding hydrogens is 296 g/mol. The molecule has 1 atom stereocenters. The second-order valence-electron chi connectivity index (χ2n) is 4.90. The van der Waals surface area contributed by atoms with Crippen molar-refractivity contribution in [1.82, 2.24) is 0 Å². The zero-order valence-corrected chi connectivity index (χ0v) is 13.2. The van der Waals surface area contributed by atoms with Gasteiger partial charge in [-0.25, -0.2) is 4.79 Å². The zero-order chi connectivity index (χ0) is 15.5. The first-order valence-electron chi connectivity index (χ1n) is 6.92. The normalized spacial score (nSPS) is 16.5. The van der Waals surface area contributed by atoms with E-state index in [1.165, 1.54) is 7.11 Å². The van der Waals surface area contributed by atoms with Crippen molar-refractivity contribution in [2.45, 2.75) is 10.1 Å². The summed E-state index contributed by atoms with van der Waals surface area (Å²) in [6.45, 7) is 0. The molecule has 0 N–H and O–H groups in total. The van der Waals surface area contributed by atoms with Crippen LogP contribution in [0, 0.1) is 0 Å². The van der Waals surface area contributed by atoms with Gasteiger partial charge in [0.2, 0.25) is 0 Å². The molecule has 3 nitrogen and oxygen atoms in total. The molecule has 0 saturated heterocycles. The Morgan fingerprint density at radius 1 is 1.05 bits per heavy atom. The van der Waals surface area contributed by atoms with Crippen LogP contribution in [0.4, 0.5) is 0 Å². The smallest absolute Gasteiger partial charge is 0.335 e. The fourth-order valence-corrected chi connectivity index (χ4v) is 3.71. The van der Waals surface area contributed by atoms with Gasteiger partial charge in [-0.15, -0.1) is 11.8 Å². The van der Waals surface area contributed by atoms with Crippen molar-refractivity contribution >= 4 is 23.8 Å². The number of esters is 1. The lowest BCUT2D eigenvalue weighted by molar-refractivity contribution is -0.136. The van der Waals surface area contributed by atoms with Crippen LogP contribution in [0.25, 0.3) is 6.08 Å². The van der Waals surface area contributed by atoms with Crippen molar-refractivity contribution in [1.29, 1.82) is 0 Å². The third kappa shape index (κ3) is 2.74. The highest BCUT2D eigenvalue weighted by molar-refractivity contribution is 8.00. The Bertz CT molecular complexity index is 719. The van der Waals surface area contributed by atoms with Crippen LogP contribution in [-0.2, 0) is 9.53 Å². The quantitative estimate of drug-likeness (QED) is 0.799. The molecule has 0 aliphatic carbocycles. The van der Waals surface area contributed by atoms with Gasteiger partial charge in [0.25, 0.3) is 0 Å². The Hall–Kier alpha value is -2.20. The molecule has 112 valence electrons. The van der Waals surface area contributed by atoms with Crippen LogP contribution in [0.5, 0.6) is 5.75 Å². The average Bonchev–Trinajstić information content (AvgIpc) is 2.60. The van der Waals surface area contributed by atoms with Crippen LogP contribution < -0.4 is 4.74 Å². The average molecular weight is 312 g/mol. The second kappa shape index (κ2) is 6.28. The van der Waals surface area contributed by atoms with Crippen molar-refractivity contribution in [3.05, 3.63) is 65.2 Å². The highest BCUT2D eigenvalue weighted by atomic mass is 32.2. The molecular formula is C18H16O3S. The van der Waals surface area contributed by atoms with Crippen LogP contribution >= 0.6 is 11.8 Å². The number of hydrogen-bond acceptors (Lipinski definition) is 4. The van der Waals surface area contributed by atoms with E-state index in [4.69, 9.17) is 9.47 Å². The summed E-state index contributed by atoms with van der Waals surface area (Å²) >= 11 is 1.67. The molecule has 1 unspecified atom stereocenters. The molecule has 1 aliphatic heterocycles. The van der Waals surface area contributed by atoms with Gasteiger partial charge in [0.05, 0.1) is 25.0 Å². The number of benzene rings is 2. The lowest BCUT2D eigenvalue weighted by atomic mass is 10.0. The maximum atomic E-state index is 12.2. The summed E-state index contributed by atoms with van der Waals surface area (Å²) in [5.41, 5.74) is 2.77. The molecule has 0 fully saturated rings. The Morgan fingerprint density at radius 2 is 1.77 bits per heavy atom. The zero-order valence-electron chi connectivity index (χ0n) is 12.4. The number of ether oxygens (including phenoxy) is 2. The third-order valence-corrected chi connectivity index (χ3v) is 4.98. The molecule has 0 spiro atoms. The minimum atomic E-state index is -0.289. The van der Waals surface area contributed by atoms with Gasteiger partial charge in [-0.1, -0.05) is 30.3 Å². The second-order valence-corrected chi connectivity index (χ2v) is 6.05. The molecule has 4 heteroatoms. The van der Waals surface area contributed by atoms with E-state index in [-0.39, 0.29) is 11.2 Å². The molecule has 2 aromatic rings. The summed E-state index contributed by atoms with van der Waals surface area (Å²) < 4.78 is 10.2. The number of carbonyl (C=O) groups is 1. The fourth-order valence-electron chi connectivity index (χ4n) is 2.45. The number of methoxy groups -OCH3 is 2. The van der Waals surface area contributed by atoms with Crippen molar-refractivity contribution in [2.24, 2.45) is 0 Å². The number of hydrogen-bond donors (Lipinski definition) is 0. The summed E-state index contributed by atoms with van der Waals surface area (Å²) in [7, 11) is 3.06. The minimum Gasteiger partial charge on any atom is -0.497 e. The highest BCUT2D eigenvalue weighted by Gasteiger charge is 2.28. The lowest BCUT2D eigenvalue weighted by Crippen LogP contribution is -2.14. The Kier molecular flexibility index (Phi) is 4.20. The van der Waals surface area contributed by atoms with Gasteiger partial charge in [0.15, 0.2) is 0 Å². The summed E-state index contributed by atoms with van der Waals surface area (Å²) in [6, 6.07) is 15.8. The van der Waals surface area contributed by atoms with Gasteiger partial charge in [-0.2, -0.15) is 0 Å². The van der Waals surface area contributed by atoms with Gasteiger partial charge in [-0.3, -0.25) is 0 Å². The minimum absolute atomic E-state index is 0.0757. The molecule has 1 aliphatic rings. The fraction of sp³-hybridized carbons (Fsp3) is 0.167. The number of rotatable bonds is 3. The van der Waals surface area contributed by atoms with Crippen molar-refractivity contribution in [2.75, 3.05) is 14.2 Å². The molecule has 0 bridgehead atoms. The van der Waals surface area contributed by atoms with Crippen LogP contribution in [0.3, 0.4) is 0 Å². The maximum absolute atomic E-state index is 12.2. The van der Waals surface area contributed by atoms with Crippen LogP contribution in [-0.4, -0.2) is 20.2 Å². The molecule has 1 heterocycles. The van der Waals surface area contributed by atoms with Crippen LogP contribution in [0.2, 0.25) is 0 Å². The SMILES string of the molecule is COC(=O)C1=Cc2ccccc2SC1c1ccc(OC)cc1. The number of thioether (sulfide) groups is 1. The first-order chi connectivity index (χ1) is 10.7. The molecule has 2 aromatic carbocycles. The first kappa shape index (κ1) is 14.7. The summed E-state index contributed by atoms with van der Waals surface area (Å²) in [6.07, 6.45) is 1.92. The molecule has 0 aromatic heterocycles. The number of carbonyl (C=O) groups excluding carboxylic acids is 1. The van der Waals surface area contributed by atoms with Gasteiger partial charge in [0.1, 0.15) is 5.75 Å². The molecule has 0 radical (unpaired) electrons. The highest BCUT2D eigenvalue weighted by Crippen LogP contribution is 2.47. The van der Waals surface area contributed by atoms with Gasteiger partial charge in [0, 0.05) is 4.90 Å². The summed E-state index contributed by atoms with van der Waals surface area (Å²) in [5.74, 6) is 0.511.